The lowest BCUT2D eigenvalue weighted by molar-refractivity contribution is -0.121. The van der Waals surface area contributed by atoms with Crippen LogP contribution in [0.25, 0.3) is 10.2 Å². The monoisotopic (exact) mass is 334 g/mol. The van der Waals surface area contributed by atoms with Gasteiger partial charge in [-0.25, -0.2) is 4.98 Å². The number of thioether (sulfide) groups is 1. The second kappa shape index (κ2) is 7.97. The Kier molecular flexibility index (Phi) is 5.73. The molecule has 1 saturated carbocycles. The molecule has 3 nitrogen and oxygen atoms in total. The maximum atomic E-state index is 12.0. The van der Waals surface area contributed by atoms with Gasteiger partial charge in [0.25, 0.3) is 0 Å². The summed E-state index contributed by atoms with van der Waals surface area (Å²) in [5.74, 6) is 0.999. The number of thiazole rings is 1. The number of benzene rings is 1. The number of para-hydroxylation sites is 1. The van der Waals surface area contributed by atoms with Crippen molar-refractivity contribution < 1.29 is 4.79 Å². The summed E-state index contributed by atoms with van der Waals surface area (Å²) in [7, 11) is 0. The predicted molar refractivity (Wildman–Crippen MR) is 94.6 cm³/mol. The summed E-state index contributed by atoms with van der Waals surface area (Å²) in [5.41, 5.74) is 1.05. The fourth-order valence-corrected chi connectivity index (χ4v) is 4.94. The zero-order valence-electron chi connectivity index (χ0n) is 12.7. The number of nitrogens with one attached hydrogen (secondary N) is 1. The number of hydrogen-bond donors (Lipinski definition) is 1. The number of carbonyl (C=O) groups excluding carboxylic acids is 1. The summed E-state index contributed by atoms with van der Waals surface area (Å²) < 4.78 is 2.27. The molecule has 1 aliphatic carbocycles. The Morgan fingerprint density at radius 3 is 2.77 bits per heavy atom. The Hall–Kier alpha value is -1.07. The molecule has 0 bridgehead atoms. The van der Waals surface area contributed by atoms with Gasteiger partial charge in [0.2, 0.25) is 5.91 Å². The van der Waals surface area contributed by atoms with Crippen LogP contribution in [0.15, 0.2) is 28.6 Å². The van der Waals surface area contributed by atoms with Crippen LogP contribution in [0.5, 0.6) is 0 Å². The lowest BCUT2D eigenvalue weighted by Gasteiger charge is -2.15. The van der Waals surface area contributed by atoms with E-state index in [1.807, 2.05) is 18.2 Å². The number of amides is 1. The largest absolute Gasteiger partial charge is 0.353 e. The van der Waals surface area contributed by atoms with Crippen LogP contribution in [0, 0.1) is 0 Å². The van der Waals surface area contributed by atoms with Crippen LogP contribution < -0.4 is 5.32 Å². The van der Waals surface area contributed by atoms with Crippen LogP contribution in [-0.4, -0.2) is 22.7 Å². The number of rotatable bonds is 5. The minimum Gasteiger partial charge on any atom is -0.353 e. The van der Waals surface area contributed by atoms with E-state index in [0.717, 1.165) is 28.5 Å². The molecule has 0 aliphatic heterocycles. The number of fused-ring (bicyclic) bond motifs is 1. The molecule has 5 heteroatoms. The molecule has 118 valence electrons. The van der Waals surface area contributed by atoms with E-state index in [0.29, 0.717) is 12.5 Å². The predicted octanol–water partition coefficient (Wildman–Crippen LogP) is 4.62. The van der Waals surface area contributed by atoms with E-state index < -0.39 is 0 Å². The summed E-state index contributed by atoms with van der Waals surface area (Å²) in [6.45, 7) is 0. The Balaban J connectivity index is 1.43. The highest BCUT2D eigenvalue weighted by Crippen LogP contribution is 2.29. The van der Waals surface area contributed by atoms with Crippen LogP contribution in [0.2, 0.25) is 0 Å². The molecule has 0 atom stereocenters. The molecular formula is C17H22N2OS2. The maximum absolute atomic E-state index is 12.0. The van der Waals surface area contributed by atoms with Gasteiger partial charge in [0.05, 0.1) is 10.2 Å². The molecule has 1 fully saturated rings. The lowest BCUT2D eigenvalue weighted by Crippen LogP contribution is -2.34. The minimum atomic E-state index is 0.195. The third-order valence-electron chi connectivity index (χ3n) is 4.05. The molecule has 1 heterocycles. The molecule has 0 radical (unpaired) electrons. The molecule has 1 aromatic carbocycles. The summed E-state index contributed by atoms with van der Waals surface area (Å²) in [4.78, 5) is 16.6. The SMILES string of the molecule is O=C(CCSc1nc2ccccc2s1)NC1CCCCCC1. The molecule has 1 amide bonds. The van der Waals surface area contributed by atoms with Crippen molar-refractivity contribution in [1.29, 1.82) is 0 Å². The quantitative estimate of drug-likeness (QED) is 0.641. The molecule has 0 saturated heterocycles. The highest BCUT2D eigenvalue weighted by atomic mass is 32.2. The second-order valence-corrected chi connectivity index (χ2v) is 8.17. The molecule has 22 heavy (non-hydrogen) atoms. The van der Waals surface area contributed by atoms with Gasteiger partial charge in [-0.3, -0.25) is 4.79 Å². The zero-order chi connectivity index (χ0) is 15.2. The Morgan fingerprint density at radius 2 is 2.00 bits per heavy atom. The smallest absolute Gasteiger partial charge is 0.221 e. The summed E-state index contributed by atoms with van der Waals surface area (Å²) >= 11 is 3.39. The average Bonchev–Trinajstić information content (AvgIpc) is 2.75. The van der Waals surface area contributed by atoms with Gasteiger partial charge in [-0.1, -0.05) is 49.6 Å². The summed E-state index contributed by atoms with van der Waals surface area (Å²) in [6, 6.07) is 8.58. The first kappa shape index (κ1) is 15.8. The third kappa shape index (κ3) is 4.46. The van der Waals surface area contributed by atoms with Crippen molar-refractivity contribution in [2.75, 3.05) is 5.75 Å². The molecule has 1 N–H and O–H groups in total. The van der Waals surface area contributed by atoms with Crippen molar-refractivity contribution in [3.05, 3.63) is 24.3 Å². The van der Waals surface area contributed by atoms with Crippen LogP contribution in [0.3, 0.4) is 0 Å². The Morgan fingerprint density at radius 1 is 1.23 bits per heavy atom. The topological polar surface area (TPSA) is 42.0 Å². The summed E-state index contributed by atoms with van der Waals surface area (Å²) in [5, 5.41) is 3.20. The zero-order valence-corrected chi connectivity index (χ0v) is 14.3. The lowest BCUT2D eigenvalue weighted by atomic mass is 10.1. The highest BCUT2D eigenvalue weighted by molar-refractivity contribution is 8.01. The molecule has 2 aromatic rings. The van der Waals surface area contributed by atoms with E-state index in [-0.39, 0.29) is 5.91 Å². The van der Waals surface area contributed by atoms with Crippen LogP contribution in [-0.2, 0) is 4.79 Å². The second-order valence-electron chi connectivity index (χ2n) is 5.80. The first-order valence-electron chi connectivity index (χ1n) is 8.09. The number of hydrogen-bond acceptors (Lipinski definition) is 4. The molecule has 1 aromatic heterocycles. The van der Waals surface area contributed by atoms with Gasteiger partial charge < -0.3 is 5.32 Å². The number of nitrogens with zero attached hydrogens (tertiary/aromatic N) is 1. The Bertz CT molecular complexity index is 585. The first-order chi connectivity index (χ1) is 10.8. The number of carbonyl (C=O) groups is 1. The van der Waals surface area contributed by atoms with E-state index in [4.69, 9.17) is 0 Å². The molecule has 0 unspecified atom stereocenters. The minimum absolute atomic E-state index is 0.195. The van der Waals surface area contributed by atoms with E-state index in [1.165, 1.54) is 30.4 Å². The van der Waals surface area contributed by atoms with Gasteiger partial charge in [-0.2, -0.15) is 0 Å². The molecule has 0 spiro atoms. The van der Waals surface area contributed by atoms with E-state index >= 15 is 0 Å². The third-order valence-corrected chi connectivity index (χ3v) is 6.23. The normalized spacial score (nSPS) is 16.5. The van der Waals surface area contributed by atoms with Gasteiger partial charge in [0.1, 0.15) is 0 Å². The average molecular weight is 335 g/mol. The van der Waals surface area contributed by atoms with Gasteiger partial charge in [-0.15, -0.1) is 11.3 Å². The molecule has 1 aliphatic rings. The van der Waals surface area contributed by atoms with Crippen molar-refractivity contribution in [1.82, 2.24) is 10.3 Å². The van der Waals surface area contributed by atoms with Crippen LogP contribution in [0.4, 0.5) is 0 Å². The van der Waals surface area contributed by atoms with Gasteiger partial charge in [0, 0.05) is 18.2 Å². The van der Waals surface area contributed by atoms with Crippen molar-refractivity contribution in [3.63, 3.8) is 0 Å². The fraction of sp³-hybridized carbons (Fsp3) is 0.529. The summed E-state index contributed by atoms with van der Waals surface area (Å²) in [6.07, 6.45) is 8.03. The van der Waals surface area contributed by atoms with Crippen molar-refractivity contribution in [2.45, 2.75) is 55.3 Å². The Labute approximate surface area is 139 Å². The standard InChI is InChI=1S/C17H22N2OS2/c20-16(18-13-7-3-1-2-4-8-13)11-12-21-17-19-14-9-5-6-10-15(14)22-17/h5-6,9-10,13H,1-4,7-8,11-12H2,(H,18,20). The van der Waals surface area contributed by atoms with Crippen LogP contribution >= 0.6 is 23.1 Å². The fourth-order valence-electron chi connectivity index (χ4n) is 2.87. The first-order valence-corrected chi connectivity index (χ1v) is 9.89. The molecule has 3 rings (SSSR count). The van der Waals surface area contributed by atoms with Crippen molar-refractivity contribution in [3.8, 4) is 0 Å². The molecular weight excluding hydrogens is 312 g/mol. The number of aromatic nitrogens is 1. The van der Waals surface area contributed by atoms with E-state index in [1.54, 1.807) is 23.1 Å². The van der Waals surface area contributed by atoms with Crippen molar-refractivity contribution in [2.24, 2.45) is 0 Å². The van der Waals surface area contributed by atoms with E-state index in [2.05, 4.69) is 16.4 Å². The van der Waals surface area contributed by atoms with Gasteiger partial charge in [-0.05, 0) is 25.0 Å². The van der Waals surface area contributed by atoms with E-state index in [9.17, 15) is 4.79 Å². The maximum Gasteiger partial charge on any atom is 0.221 e. The van der Waals surface area contributed by atoms with Gasteiger partial charge >= 0.3 is 0 Å². The highest BCUT2D eigenvalue weighted by Gasteiger charge is 2.14. The van der Waals surface area contributed by atoms with Crippen molar-refractivity contribution >= 4 is 39.2 Å². The van der Waals surface area contributed by atoms with Crippen LogP contribution in [0.1, 0.15) is 44.9 Å². The van der Waals surface area contributed by atoms with Gasteiger partial charge in [0.15, 0.2) is 4.34 Å².